The fourth-order valence-corrected chi connectivity index (χ4v) is 3.58. The van der Waals surface area contributed by atoms with Gasteiger partial charge in [0.05, 0.1) is 18.5 Å². The van der Waals surface area contributed by atoms with Gasteiger partial charge in [0.2, 0.25) is 0 Å². The van der Waals surface area contributed by atoms with Crippen LogP contribution in [0.15, 0.2) is 18.3 Å². The number of piperazine rings is 1. The quantitative estimate of drug-likeness (QED) is 0.845. The molecule has 2 heterocycles. The Hall–Kier alpha value is -2.51. The van der Waals surface area contributed by atoms with Crippen molar-refractivity contribution in [1.82, 2.24) is 15.2 Å². The number of amides is 3. The Morgan fingerprint density at radius 2 is 1.89 bits per heavy atom. The van der Waals surface area contributed by atoms with E-state index in [4.69, 9.17) is 4.74 Å². The fraction of sp³-hybridized carbons (Fsp3) is 0.632. The summed E-state index contributed by atoms with van der Waals surface area (Å²) in [6.45, 7) is 4.85. The van der Waals surface area contributed by atoms with Crippen LogP contribution in [0, 0.1) is 0 Å². The minimum Gasteiger partial charge on any atom is -0.450 e. The number of urea groups is 1. The van der Waals surface area contributed by atoms with E-state index in [0.717, 1.165) is 18.7 Å². The maximum absolute atomic E-state index is 12.1. The van der Waals surface area contributed by atoms with Gasteiger partial charge in [-0.3, -0.25) is 0 Å². The van der Waals surface area contributed by atoms with Crippen LogP contribution in [0.2, 0.25) is 0 Å². The van der Waals surface area contributed by atoms with Crippen molar-refractivity contribution in [3.8, 4) is 0 Å². The molecule has 1 aliphatic heterocycles. The molecule has 3 rings (SSSR count). The molecule has 8 nitrogen and oxygen atoms in total. The Morgan fingerprint density at radius 3 is 2.52 bits per heavy atom. The topological polar surface area (TPSA) is 86.8 Å². The molecule has 0 radical (unpaired) electrons. The van der Waals surface area contributed by atoms with Gasteiger partial charge in [0.25, 0.3) is 0 Å². The molecule has 3 amide bonds. The first-order valence-electron chi connectivity index (χ1n) is 9.86. The van der Waals surface area contributed by atoms with Crippen molar-refractivity contribution in [3.05, 3.63) is 18.3 Å². The third kappa shape index (κ3) is 5.48. The van der Waals surface area contributed by atoms with Gasteiger partial charge in [-0.15, -0.1) is 0 Å². The van der Waals surface area contributed by atoms with E-state index < -0.39 is 0 Å². The normalized spacial score (nSPS) is 18.1. The van der Waals surface area contributed by atoms with Crippen LogP contribution in [-0.4, -0.2) is 60.8 Å². The summed E-state index contributed by atoms with van der Waals surface area (Å²) in [5.74, 6) is 0.844. The molecule has 1 aliphatic carbocycles. The van der Waals surface area contributed by atoms with Crippen molar-refractivity contribution in [1.29, 1.82) is 0 Å². The number of aromatic nitrogens is 1. The smallest absolute Gasteiger partial charge is 0.409 e. The summed E-state index contributed by atoms with van der Waals surface area (Å²) in [7, 11) is 0. The zero-order chi connectivity index (χ0) is 19.1. The summed E-state index contributed by atoms with van der Waals surface area (Å²) in [5.41, 5.74) is 0.678. The molecule has 27 heavy (non-hydrogen) atoms. The largest absolute Gasteiger partial charge is 0.450 e. The van der Waals surface area contributed by atoms with Gasteiger partial charge < -0.3 is 25.2 Å². The van der Waals surface area contributed by atoms with Gasteiger partial charge in [0, 0.05) is 32.2 Å². The number of carbonyl (C=O) groups is 2. The molecule has 0 atom stereocenters. The van der Waals surface area contributed by atoms with E-state index in [1.807, 2.05) is 19.1 Å². The Kier molecular flexibility index (Phi) is 6.73. The summed E-state index contributed by atoms with van der Waals surface area (Å²) < 4.78 is 5.04. The second-order valence-corrected chi connectivity index (χ2v) is 7.01. The number of hydrogen-bond donors (Lipinski definition) is 2. The average molecular weight is 375 g/mol. The average Bonchev–Trinajstić information content (AvgIpc) is 2.69. The van der Waals surface area contributed by atoms with Crippen molar-refractivity contribution in [2.45, 2.75) is 45.1 Å². The first kappa shape index (κ1) is 19.3. The Labute approximate surface area is 160 Å². The molecular formula is C19H29N5O3. The van der Waals surface area contributed by atoms with Crippen LogP contribution in [0.25, 0.3) is 0 Å². The molecule has 1 saturated heterocycles. The van der Waals surface area contributed by atoms with Gasteiger partial charge in [-0.2, -0.15) is 0 Å². The zero-order valence-corrected chi connectivity index (χ0v) is 15.9. The van der Waals surface area contributed by atoms with Gasteiger partial charge in [0.15, 0.2) is 0 Å². The maximum Gasteiger partial charge on any atom is 0.409 e. The predicted octanol–water partition coefficient (Wildman–Crippen LogP) is 2.81. The Bertz CT molecular complexity index is 623. The highest BCUT2D eigenvalue weighted by molar-refractivity contribution is 5.89. The highest BCUT2D eigenvalue weighted by Gasteiger charge is 2.22. The molecule has 2 N–H and O–H groups in total. The minimum atomic E-state index is -0.256. The highest BCUT2D eigenvalue weighted by Crippen LogP contribution is 2.19. The molecule has 2 fully saturated rings. The molecular weight excluding hydrogens is 346 g/mol. The van der Waals surface area contributed by atoms with E-state index in [1.165, 1.54) is 19.3 Å². The number of carbonyl (C=O) groups excluding carboxylic acids is 2. The molecule has 0 spiro atoms. The van der Waals surface area contributed by atoms with E-state index in [0.29, 0.717) is 38.5 Å². The van der Waals surface area contributed by atoms with Crippen LogP contribution in [0.4, 0.5) is 21.1 Å². The first-order chi connectivity index (χ1) is 13.2. The number of nitrogens with zero attached hydrogens (tertiary/aromatic N) is 3. The van der Waals surface area contributed by atoms with Crippen molar-refractivity contribution in [3.63, 3.8) is 0 Å². The number of pyridine rings is 1. The molecule has 8 heteroatoms. The first-order valence-corrected chi connectivity index (χ1v) is 9.86. The fourth-order valence-electron chi connectivity index (χ4n) is 3.58. The lowest BCUT2D eigenvalue weighted by molar-refractivity contribution is 0.105. The molecule has 0 unspecified atom stereocenters. The molecule has 0 bridgehead atoms. The summed E-state index contributed by atoms with van der Waals surface area (Å²) >= 11 is 0. The summed E-state index contributed by atoms with van der Waals surface area (Å²) in [5, 5.41) is 5.89. The highest BCUT2D eigenvalue weighted by atomic mass is 16.6. The number of hydrogen-bond acceptors (Lipinski definition) is 5. The van der Waals surface area contributed by atoms with Gasteiger partial charge >= 0.3 is 12.1 Å². The number of anilines is 2. The molecule has 148 valence electrons. The lowest BCUT2D eigenvalue weighted by atomic mass is 9.96. The molecule has 2 aliphatic rings. The Morgan fingerprint density at radius 1 is 1.15 bits per heavy atom. The predicted molar refractivity (Wildman–Crippen MR) is 104 cm³/mol. The number of ether oxygens (including phenoxy) is 1. The standard InChI is InChI=1S/C19H29N5O3/c1-2-27-19(26)24-12-10-23(11-13-24)17-9-8-16(14-20-17)22-18(25)21-15-6-4-3-5-7-15/h8-9,14-15H,2-7,10-13H2,1H3,(H2,21,22,25). The lowest BCUT2D eigenvalue weighted by Crippen LogP contribution is -2.49. The number of nitrogens with one attached hydrogen (secondary N) is 2. The van der Waals surface area contributed by atoms with Crippen molar-refractivity contribution < 1.29 is 14.3 Å². The van der Waals surface area contributed by atoms with Crippen LogP contribution < -0.4 is 15.5 Å². The van der Waals surface area contributed by atoms with E-state index in [9.17, 15) is 9.59 Å². The summed E-state index contributed by atoms with van der Waals surface area (Å²) in [6, 6.07) is 3.87. The van der Waals surface area contributed by atoms with E-state index in [2.05, 4.69) is 20.5 Å². The zero-order valence-electron chi connectivity index (χ0n) is 15.9. The van der Waals surface area contributed by atoms with Crippen LogP contribution in [0.1, 0.15) is 39.0 Å². The molecule has 1 aromatic rings. The summed E-state index contributed by atoms with van der Waals surface area (Å²) in [6.07, 6.45) is 7.17. The van der Waals surface area contributed by atoms with Crippen LogP contribution in [0.5, 0.6) is 0 Å². The third-order valence-electron chi connectivity index (χ3n) is 5.08. The van der Waals surface area contributed by atoms with Gasteiger partial charge in [-0.05, 0) is 31.9 Å². The van der Waals surface area contributed by atoms with E-state index in [1.54, 1.807) is 11.1 Å². The molecule has 0 aromatic carbocycles. The molecule has 1 saturated carbocycles. The van der Waals surface area contributed by atoms with E-state index >= 15 is 0 Å². The van der Waals surface area contributed by atoms with Gasteiger partial charge in [-0.25, -0.2) is 14.6 Å². The Balaban J connectivity index is 1.46. The number of rotatable bonds is 4. The second kappa shape index (κ2) is 9.43. The van der Waals surface area contributed by atoms with Crippen molar-refractivity contribution >= 4 is 23.6 Å². The van der Waals surface area contributed by atoms with Gasteiger partial charge in [-0.1, -0.05) is 19.3 Å². The van der Waals surface area contributed by atoms with E-state index in [-0.39, 0.29) is 18.2 Å². The van der Waals surface area contributed by atoms with Crippen LogP contribution in [0.3, 0.4) is 0 Å². The van der Waals surface area contributed by atoms with Crippen LogP contribution >= 0.6 is 0 Å². The van der Waals surface area contributed by atoms with Crippen molar-refractivity contribution in [2.24, 2.45) is 0 Å². The maximum atomic E-state index is 12.1. The van der Waals surface area contributed by atoms with Gasteiger partial charge in [0.1, 0.15) is 5.82 Å². The third-order valence-corrected chi connectivity index (χ3v) is 5.08. The summed E-state index contributed by atoms with van der Waals surface area (Å²) in [4.78, 5) is 32.2. The van der Waals surface area contributed by atoms with Crippen molar-refractivity contribution in [2.75, 3.05) is 43.0 Å². The molecule has 1 aromatic heterocycles. The monoisotopic (exact) mass is 375 g/mol. The second-order valence-electron chi connectivity index (χ2n) is 7.01. The van der Waals surface area contributed by atoms with Crippen LogP contribution in [-0.2, 0) is 4.74 Å². The lowest BCUT2D eigenvalue weighted by Gasteiger charge is -2.34. The minimum absolute atomic E-state index is 0.167. The SMILES string of the molecule is CCOC(=O)N1CCN(c2ccc(NC(=O)NC3CCCCC3)cn2)CC1.